The summed E-state index contributed by atoms with van der Waals surface area (Å²) >= 11 is 0. The average Bonchev–Trinajstić information content (AvgIpc) is 3.29. The minimum Gasteiger partial charge on any atom is -0.485 e. The highest BCUT2D eigenvalue weighted by Crippen LogP contribution is 2.32. The van der Waals surface area contributed by atoms with Crippen LogP contribution in [-0.2, 0) is 6.61 Å². The quantitative estimate of drug-likeness (QED) is 0.577. The Morgan fingerprint density at radius 3 is 2.38 bits per heavy atom. The summed E-state index contributed by atoms with van der Waals surface area (Å²) in [6.07, 6.45) is 1.93. The van der Waals surface area contributed by atoms with Gasteiger partial charge in [0.15, 0.2) is 11.5 Å². The van der Waals surface area contributed by atoms with E-state index in [1.165, 1.54) is 5.56 Å². The molecule has 0 bridgehead atoms. The number of nitrogens with two attached hydrogens (primary N) is 1. The maximum absolute atomic E-state index is 6.09. The first-order chi connectivity index (χ1) is 14.2. The van der Waals surface area contributed by atoms with Gasteiger partial charge in [-0.2, -0.15) is 0 Å². The first-order valence-corrected chi connectivity index (χ1v) is 9.79. The third-order valence-electron chi connectivity index (χ3n) is 5.03. The second kappa shape index (κ2) is 8.69. The predicted molar refractivity (Wildman–Crippen MR) is 117 cm³/mol. The van der Waals surface area contributed by atoms with E-state index in [1.54, 1.807) is 0 Å². The Labute approximate surface area is 171 Å². The fourth-order valence-electron chi connectivity index (χ4n) is 3.25. The van der Waals surface area contributed by atoms with Crippen molar-refractivity contribution in [1.29, 1.82) is 0 Å². The van der Waals surface area contributed by atoms with E-state index in [4.69, 9.17) is 15.2 Å². The maximum atomic E-state index is 6.09. The van der Waals surface area contributed by atoms with Gasteiger partial charge in [-0.1, -0.05) is 36.4 Å². The zero-order chi connectivity index (χ0) is 20.1. The Bertz CT molecular complexity index is 968. The normalized spacial score (nSPS) is 14.0. The van der Waals surface area contributed by atoms with E-state index < -0.39 is 0 Å². The van der Waals surface area contributed by atoms with Gasteiger partial charge in [0.2, 0.25) is 0 Å². The third-order valence-corrected chi connectivity index (χ3v) is 5.03. The maximum Gasteiger partial charge on any atom is 0.169 e. The van der Waals surface area contributed by atoms with Crippen LogP contribution in [0.15, 0.2) is 77.8 Å². The first-order valence-electron chi connectivity index (χ1n) is 9.79. The van der Waals surface area contributed by atoms with Crippen molar-refractivity contribution in [2.45, 2.75) is 19.6 Å². The van der Waals surface area contributed by atoms with Crippen molar-refractivity contribution in [3.63, 3.8) is 0 Å². The molecule has 0 amide bonds. The molecule has 0 fully saturated rings. The van der Waals surface area contributed by atoms with Gasteiger partial charge in [-0.3, -0.25) is 4.99 Å². The van der Waals surface area contributed by atoms with E-state index in [2.05, 4.69) is 28.9 Å². The van der Waals surface area contributed by atoms with Crippen LogP contribution < -0.4 is 15.2 Å². The fourth-order valence-corrected chi connectivity index (χ4v) is 3.25. The van der Waals surface area contributed by atoms with Gasteiger partial charge in [-0.05, 0) is 54.4 Å². The fraction of sp³-hybridized carbons (Fsp3) is 0.208. The van der Waals surface area contributed by atoms with E-state index in [0.29, 0.717) is 24.1 Å². The zero-order valence-electron chi connectivity index (χ0n) is 16.5. The van der Waals surface area contributed by atoms with Crippen molar-refractivity contribution in [3.05, 3.63) is 83.9 Å². The highest BCUT2D eigenvalue weighted by atomic mass is 16.5. The van der Waals surface area contributed by atoms with Crippen LogP contribution in [0.2, 0.25) is 0 Å². The molecule has 0 aliphatic carbocycles. The van der Waals surface area contributed by atoms with Gasteiger partial charge in [0.05, 0.1) is 18.9 Å². The molecule has 1 heterocycles. The Balaban J connectivity index is 1.42. The number of rotatable bonds is 7. The monoisotopic (exact) mass is 387 g/mol. The van der Waals surface area contributed by atoms with Crippen LogP contribution in [0.4, 0.5) is 5.69 Å². The lowest BCUT2D eigenvalue weighted by atomic mass is 10.1. The molecule has 3 aromatic carbocycles. The van der Waals surface area contributed by atoms with Crippen LogP contribution in [0.25, 0.3) is 0 Å². The summed E-state index contributed by atoms with van der Waals surface area (Å²) in [5.74, 6) is 2.17. The van der Waals surface area contributed by atoms with Crippen molar-refractivity contribution in [1.82, 2.24) is 4.90 Å². The molecule has 1 atom stereocenters. The summed E-state index contributed by atoms with van der Waals surface area (Å²) in [5.41, 5.74) is 8.77. The zero-order valence-corrected chi connectivity index (χ0v) is 16.5. The minimum atomic E-state index is 0.297. The molecule has 3 aromatic rings. The summed E-state index contributed by atoms with van der Waals surface area (Å²) in [4.78, 5) is 6.54. The molecule has 2 N–H and O–H groups in total. The van der Waals surface area contributed by atoms with Gasteiger partial charge in [-0.25, -0.2) is 0 Å². The van der Waals surface area contributed by atoms with Crippen molar-refractivity contribution < 1.29 is 9.47 Å². The molecule has 1 aliphatic heterocycles. The number of aliphatic imine (C=N–C) groups is 1. The lowest BCUT2D eigenvalue weighted by Crippen LogP contribution is -2.23. The number of anilines is 1. The second-order valence-corrected chi connectivity index (χ2v) is 7.08. The molecule has 4 rings (SSSR count). The average molecular weight is 387 g/mol. The number of benzene rings is 3. The van der Waals surface area contributed by atoms with Crippen LogP contribution >= 0.6 is 0 Å². The summed E-state index contributed by atoms with van der Waals surface area (Å²) in [5, 5.41) is 0. The molecule has 5 heteroatoms. The predicted octanol–water partition coefficient (Wildman–Crippen LogP) is 5.05. The van der Waals surface area contributed by atoms with E-state index in [0.717, 1.165) is 30.1 Å². The first kappa shape index (κ1) is 18.9. The SMILES string of the molecule is CC(c1ccc(Oc2ccccc2OCc2ccc(N)cc2)cc1)N1C=NCC1. The lowest BCUT2D eigenvalue weighted by Gasteiger charge is -2.23. The third kappa shape index (κ3) is 4.69. The Morgan fingerprint density at radius 2 is 1.69 bits per heavy atom. The van der Waals surface area contributed by atoms with Gasteiger partial charge < -0.3 is 20.1 Å². The molecule has 5 nitrogen and oxygen atoms in total. The topological polar surface area (TPSA) is 60.1 Å². The number of hydrogen-bond acceptors (Lipinski definition) is 5. The van der Waals surface area contributed by atoms with Crippen LogP contribution in [0.5, 0.6) is 17.2 Å². The highest BCUT2D eigenvalue weighted by molar-refractivity contribution is 5.58. The summed E-state index contributed by atoms with van der Waals surface area (Å²) in [6, 6.07) is 23.9. The van der Waals surface area contributed by atoms with Gasteiger partial charge in [0.1, 0.15) is 12.4 Å². The molecule has 0 saturated carbocycles. The Morgan fingerprint density at radius 1 is 0.966 bits per heavy atom. The molecule has 1 unspecified atom stereocenters. The molecule has 0 spiro atoms. The van der Waals surface area contributed by atoms with E-state index in [-0.39, 0.29) is 0 Å². The lowest BCUT2D eigenvalue weighted by molar-refractivity contribution is 0.291. The van der Waals surface area contributed by atoms with Crippen molar-refractivity contribution in [2.24, 2.45) is 4.99 Å². The van der Waals surface area contributed by atoms with Crippen LogP contribution in [-0.4, -0.2) is 24.3 Å². The van der Waals surface area contributed by atoms with E-state index >= 15 is 0 Å². The molecule has 1 aliphatic rings. The Hall–Kier alpha value is -3.47. The van der Waals surface area contributed by atoms with E-state index in [9.17, 15) is 0 Å². The van der Waals surface area contributed by atoms with Crippen LogP contribution in [0.3, 0.4) is 0 Å². The van der Waals surface area contributed by atoms with Gasteiger partial charge in [-0.15, -0.1) is 0 Å². The van der Waals surface area contributed by atoms with Crippen LogP contribution in [0.1, 0.15) is 24.1 Å². The van der Waals surface area contributed by atoms with Crippen LogP contribution in [0, 0.1) is 0 Å². The number of para-hydroxylation sites is 2. The largest absolute Gasteiger partial charge is 0.485 e. The minimum absolute atomic E-state index is 0.297. The molecular weight excluding hydrogens is 362 g/mol. The van der Waals surface area contributed by atoms with Gasteiger partial charge >= 0.3 is 0 Å². The molecule has 148 valence electrons. The summed E-state index contributed by atoms with van der Waals surface area (Å²) in [7, 11) is 0. The van der Waals surface area contributed by atoms with Crippen molar-refractivity contribution in [2.75, 3.05) is 18.8 Å². The van der Waals surface area contributed by atoms with Gasteiger partial charge in [0.25, 0.3) is 0 Å². The smallest absolute Gasteiger partial charge is 0.169 e. The van der Waals surface area contributed by atoms with Crippen molar-refractivity contribution >= 4 is 12.0 Å². The Kier molecular flexibility index (Phi) is 5.66. The molecule has 0 saturated heterocycles. The summed E-state index contributed by atoms with van der Waals surface area (Å²) in [6.45, 7) is 4.48. The number of hydrogen-bond donors (Lipinski definition) is 1. The molecule has 29 heavy (non-hydrogen) atoms. The van der Waals surface area contributed by atoms with Crippen molar-refractivity contribution in [3.8, 4) is 17.2 Å². The number of ether oxygens (including phenoxy) is 2. The number of nitrogens with zero attached hydrogens (tertiary/aromatic N) is 2. The van der Waals surface area contributed by atoms with Gasteiger partial charge in [0, 0.05) is 12.2 Å². The highest BCUT2D eigenvalue weighted by Gasteiger charge is 2.15. The summed E-state index contributed by atoms with van der Waals surface area (Å²) < 4.78 is 12.1. The van der Waals surface area contributed by atoms with E-state index in [1.807, 2.05) is 67.0 Å². The molecule has 0 aromatic heterocycles. The molecule has 0 radical (unpaired) electrons. The molecular formula is C24H25N3O2. The standard InChI is InChI=1S/C24H25N3O2/c1-18(27-15-14-26-17-27)20-8-12-22(13-9-20)29-24-5-3-2-4-23(24)28-16-19-6-10-21(25)11-7-19/h2-13,17-18H,14-16,25H2,1H3. The second-order valence-electron chi connectivity index (χ2n) is 7.08. The number of nitrogen functional groups attached to an aromatic ring is 1.